The number of carbonyl (C=O) groups excluding carboxylic acids is 2. The van der Waals surface area contributed by atoms with Crippen molar-refractivity contribution in [1.29, 1.82) is 0 Å². The minimum atomic E-state index is -0.545. The Bertz CT molecular complexity index is 337. The lowest BCUT2D eigenvalue weighted by atomic mass is 9.98. The second-order valence-electron chi connectivity index (χ2n) is 6.07. The fourth-order valence-electron chi connectivity index (χ4n) is 2.52. The molecule has 1 fully saturated rings. The van der Waals surface area contributed by atoms with Gasteiger partial charge in [-0.05, 0) is 31.1 Å². The van der Waals surface area contributed by atoms with Crippen molar-refractivity contribution in [3.8, 4) is 0 Å². The van der Waals surface area contributed by atoms with E-state index in [-0.39, 0.29) is 36.7 Å². The molecule has 0 aromatic heterocycles. The van der Waals surface area contributed by atoms with Crippen molar-refractivity contribution in [3.05, 3.63) is 0 Å². The summed E-state index contributed by atoms with van der Waals surface area (Å²) >= 11 is 0. The molecule has 1 aliphatic heterocycles. The monoisotopic (exact) mass is 319 g/mol. The van der Waals surface area contributed by atoms with Crippen LogP contribution in [0, 0.1) is 11.8 Å². The average Bonchev–Trinajstić information content (AvgIpc) is 2.68. The van der Waals surface area contributed by atoms with Gasteiger partial charge in [0.05, 0.1) is 12.6 Å². The van der Waals surface area contributed by atoms with Crippen LogP contribution in [0.1, 0.15) is 46.5 Å². The van der Waals surface area contributed by atoms with Crippen LogP contribution in [-0.4, -0.2) is 42.4 Å². The second-order valence-corrected chi connectivity index (χ2v) is 6.07. The van der Waals surface area contributed by atoms with Crippen LogP contribution in [0.25, 0.3) is 0 Å². The van der Waals surface area contributed by atoms with Gasteiger partial charge in [-0.15, -0.1) is 12.4 Å². The molecule has 124 valence electrons. The highest BCUT2D eigenvalue weighted by molar-refractivity contribution is 5.87. The zero-order valence-electron chi connectivity index (χ0n) is 13.4. The first-order valence-corrected chi connectivity index (χ1v) is 7.76. The first-order chi connectivity index (χ1) is 9.45. The zero-order valence-corrected chi connectivity index (χ0v) is 14.2. The molecule has 6 heteroatoms. The lowest BCUT2D eigenvalue weighted by molar-refractivity contribution is -0.133. The van der Waals surface area contributed by atoms with E-state index in [9.17, 15) is 9.59 Å². The highest BCUT2D eigenvalue weighted by atomic mass is 35.5. The topological polar surface area (TPSA) is 75.4 Å². The molecule has 0 aliphatic carbocycles. The fourth-order valence-corrected chi connectivity index (χ4v) is 2.52. The van der Waals surface area contributed by atoms with Gasteiger partial charge in [0.2, 0.25) is 11.8 Å². The number of hydrogen-bond donors (Lipinski definition) is 2. The molecule has 3 N–H and O–H groups in total. The molecule has 0 aromatic carbocycles. The van der Waals surface area contributed by atoms with Crippen molar-refractivity contribution in [2.24, 2.45) is 17.6 Å². The Morgan fingerprint density at radius 2 is 1.95 bits per heavy atom. The molecule has 5 nitrogen and oxygen atoms in total. The zero-order chi connectivity index (χ0) is 15.1. The minimum absolute atomic E-state index is 0. The standard InChI is InChI=1S/C15H29N3O2.ClH/c1-4-12-6-5-8-18(9-7-12)13(19)10-17-15(20)14(16)11(2)3;/h11-12,14H,4-10,16H2,1-3H3,(H,17,20);1H/t12?,14-;/m0./s1. The molecular weight excluding hydrogens is 290 g/mol. The summed E-state index contributed by atoms with van der Waals surface area (Å²) in [6, 6.07) is -0.545. The quantitative estimate of drug-likeness (QED) is 0.807. The van der Waals surface area contributed by atoms with Crippen molar-refractivity contribution in [1.82, 2.24) is 10.2 Å². The van der Waals surface area contributed by atoms with Gasteiger partial charge < -0.3 is 16.0 Å². The van der Waals surface area contributed by atoms with Crippen molar-refractivity contribution in [2.45, 2.75) is 52.5 Å². The molecule has 21 heavy (non-hydrogen) atoms. The van der Waals surface area contributed by atoms with E-state index < -0.39 is 6.04 Å². The number of carbonyl (C=O) groups is 2. The second kappa shape index (κ2) is 10.0. The predicted molar refractivity (Wildman–Crippen MR) is 87.3 cm³/mol. The van der Waals surface area contributed by atoms with Gasteiger partial charge in [-0.25, -0.2) is 0 Å². The Balaban J connectivity index is 0.00000400. The SMILES string of the molecule is CCC1CCCN(C(=O)CNC(=O)[C@@H](N)C(C)C)CC1.Cl. The molecule has 0 aromatic rings. The number of likely N-dealkylation sites (tertiary alicyclic amines) is 1. The summed E-state index contributed by atoms with van der Waals surface area (Å²) in [5, 5.41) is 2.65. The number of nitrogens with one attached hydrogen (secondary N) is 1. The molecule has 0 radical (unpaired) electrons. The van der Waals surface area contributed by atoms with Gasteiger partial charge in [-0.2, -0.15) is 0 Å². The lowest BCUT2D eigenvalue weighted by Gasteiger charge is -2.22. The van der Waals surface area contributed by atoms with Crippen LogP contribution in [-0.2, 0) is 9.59 Å². The molecule has 0 spiro atoms. The molecule has 1 unspecified atom stereocenters. The third kappa shape index (κ3) is 6.66. The normalized spacial score (nSPS) is 20.4. The summed E-state index contributed by atoms with van der Waals surface area (Å²) in [7, 11) is 0. The molecule has 1 rings (SSSR count). The van der Waals surface area contributed by atoms with Crippen molar-refractivity contribution < 1.29 is 9.59 Å². The lowest BCUT2D eigenvalue weighted by Crippen LogP contribution is -2.48. The van der Waals surface area contributed by atoms with Crippen molar-refractivity contribution in [3.63, 3.8) is 0 Å². The number of amides is 2. The van der Waals surface area contributed by atoms with E-state index in [1.54, 1.807) is 0 Å². The number of hydrogen-bond acceptors (Lipinski definition) is 3. The Kier molecular flexibility index (Phi) is 9.62. The molecule has 1 aliphatic rings. The van der Waals surface area contributed by atoms with Crippen LogP contribution >= 0.6 is 12.4 Å². The third-order valence-electron chi connectivity index (χ3n) is 4.21. The van der Waals surface area contributed by atoms with E-state index in [1.807, 2.05) is 18.7 Å². The molecule has 1 heterocycles. The van der Waals surface area contributed by atoms with E-state index in [0.717, 1.165) is 31.8 Å². The number of nitrogens with zero attached hydrogens (tertiary/aromatic N) is 1. The summed E-state index contributed by atoms with van der Waals surface area (Å²) < 4.78 is 0. The van der Waals surface area contributed by atoms with Crippen LogP contribution in [0.3, 0.4) is 0 Å². The smallest absolute Gasteiger partial charge is 0.241 e. The Morgan fingerprint density at radius 3 is 2.52 bits per heavy atom. The van der Waals surface area contributed by atoms with Gasteiger partial charge in [0, 0.05) is 13.1 Å². The third-order valence-corrected chi connectivity index (χ3v) is 4.21. The van der Waals surface area contributed by atoms with E-state index in [0.29, 0.717) is 0 Å². The number of halogens is 1. The summed E-state index contributed by atoms with van der Waals surface area (Å²) in [6.45, 7) is 7.67. The molecule has 2 atom stereocenters. The first kappa shape index (κ1) is 20.2. The number of rotatable bonds is 5. The summed E-state index contributed by atoms with van der Waals surface area (Å²) in [5.41, 5.74) is 5.75. The predicted octanol–water partition coefficient (Wildman–Crippen LogP) is 1.55. The van der Waals surface area contributed by atoms with Crippen LogP contribution in [0.2, 0.25) is 0 Å². The Labute approximate surface area is 134 Å². The van der Waals surface area contributed by atoms with E-state index in [4.69, 9.17) is 5.73 Å². The summed E-state index contributed by atoms with van der Waals surface area (Å²) in [6.07, 6.45) is 4.51. The maximum Gasteiger partial charge on any atom is 0.241 e. The minimum Gasteiger partial charge on any atom is -0.346 e. The van der Waals surface area contributed by atoms with Gasteiger partial charge in [0.15, 0.2) is 0 Å². The van der Waals surface area contributed by atoms with Crippen molar-refractivity contribution in [2.75, 3.05) is 19.6 Å². The van der Waals surface area contributed by atoms with Gasteiger partial charge in [-0.3, -0.25) is 9.59 Å². The highest BCUT2D eigenvalue weighted by Gasteiger charge is 2.22. The van der Waals surface area contributed by atoms with Crippen LogP contribution < -0.4 is 11.1 Å². The fraction of sp³-hybridized carbons (Fsp3) is 0.867. The average molecular weight is 320 g/mol. The van der Waals surface area contributed by atoms with Gasteiger partial charge >= 0.3 is 0 Å². The van der Waals surface area contributed by atoms with E-state index in [2.05, 4.69) is 12.2 Å². The highest BCUT2D eigenvalue weighted by Crippen LogP contribution is 2.20. The molecule has 2 amide bonds. The molecule has 1 saturated heterocycles. The van der Waals surface area contributed by atoms with Gasteiger partial charge in [0.25, 0.3) is 0 Å². The number of nitrogens with two attached hydrogens (primary N) is 1. The van der Waals surface area contributed by atoms with Crippen LogP contribution in [0.5, 0.6) is 0 Å². The summed E-state index contributed by atoms with van der Waals surface area (Å²) in [5.74, 6) is 0.575. The Morgan fingerprint density at radius 1 is 1.29 bits per heavy atom. The summed E-state index contributed by atoms with van der Waals surface area (Å²) in [4.78, 5) is 25.7. The maximum absolute atomic E-state index is 12.1. The van der Waals surface area contributed by atoms with Gasteiger partial charge in [0.1, 0.15) is 0 Å². The first-order valence-electron chi connectivity index (χ1n) is 7.76. The van der Waals surface area contributed by atoms with Crippen LogP contribution in [0.15, 0.2) is 0 Å². The van der Waals surface area contributed by atoms with Crippen molar-refractivity contribution >= 4 is 24.2 Å². The molecular formula is C15H30ClN3O2. The van der Waals surface area contributed by atoms with Gasteiger partial charge in [-0.1, -0.05) is 27.2 Å². The Hall–Kier alpha value is -0.810. The van der Waals surface area contributed by atoms with Crippen LogP contribution in [0.4, 0.5) is 0 Å². The maximum atomic E-state index is 12.1. The largest absolute Gasteiger partial charge is 0.346 e. The van der Waals surface area contributed by atoms with E-state index in [1.165, 1.54) is 12.8 Å². The molecule has 0 saturated carbocycles. The van der Waals surface area contributed by atoms with E-state index >= 15 is 0 Å². The molecule has 0 bridgehead atoms.